The number of alkyl carbamates (subject to hydrolysis) is 1. The van der Waals surface area contributed by atoms with E-state index in [1.54, 1.807) is 0 Å². The average molecular weight is 692 g/mol. The zero-order chi connectivity index (χ0) is 35.5. The summed E-state index contributed by atoms with van der Waals surface area (Å²) in [4.78, 5) is 59.2. The topological polar surface area (TPSA) is 136 Å². The van der Waals surface area contributed by atoms with Crippen LogP contribution in [0.5, 0.6) is 0 Å². The predicted molar refractivity (Wildman–Crippen MR) is 195 cm³/mol. The lowest BCUT2D eigenvalue weighted by molar-refractivity contribution is -0.136. The molecule has 268 valence electrons. The van der Waals surface area contributed by atoms with Crippen molar-refractivity contribution in [3.63, 3.8) is 0 Å². The van der Waals surface area contributed by atoms with Crippen molar-refractivity contribution in [3.05, 3.63) is 72.6 Å². The van der Waals surface area contributed by atoms with Crippen LogP contribution < -0.4 is 5.32 Å². The van der Waals surface area contributed by atoms with E-state index in [-0.39, 0.29) is 29.7 Å². The van der Waals surface area contributed by atoms with Crippen LogP contribution in [-0.2, 0) is 14.3 Å². The molecule has 4 heterocycles. The molecule has 2 unspecified atom stereocenters. The van der Waals surface area contributed by atoms with Gasteiger partial charge in [-0.15, -0.1) is 0 Å². The lowest BCUT2D eigenvalue weighted by Crippen LogP contribution is -2.51. The second-order valence-electron chi connectivity index (χ2n) is 14.6. The third-order valence-electron chi connectivity index (χ3n) is 11.0. The van der Waals surface area contributed by atoms with Crippen molar-refractivity contribution in [2.75, 3.05) is 26.7 Å². The number of benzene rings is 2. The van der Waals surface area contributed by atoms with E-state index in [2.05, 4.69) is 73.7 Å². The molecule has 4 aromatic rings. The number of nitrogens with one attached hydrogen (secondary N) is 3. The number of aromatic nitrogens is 4. The van der Waals surface area contributed by atoms with Gasteiger partial charge in [0.05, 0.1) is 36.9 Å². The number of imidazole rings is 2. The van der Waals surface area contributed by atoms with Crippen LogP contribution >= 0.6 is 0 Å². The van der Waals surface area contributed by atoms with E-state index in [0.29, 0.717) is 12.5 Å². The van der Waals surface area contributed by atoms with Crippen molar-refractivity contribution in [2.45, 2.75) is 83.2 Å². The van der Waals surface area contributed by atoms with Gasteiger partial charge in [0.1, 0.15) is 17.7 Å². The number of hydrogen-bond acceptors (Lipinski definition) is 6. The molecule has 51 heavy (non-hydrogen) atoms. The summed E-state index contributed by atoms with van der Waals surface area (Å²) in [6, 6.07) is 16.0. The molecule has 3 fully saturated rings. The second kappa shape index (κ2) is 15.1. The third kappa shape index (κ3) is 7.29. The first-order valence-electron chi connectivity index (χ1n) is 18.6. The Morgan fingerprint density at radius 1 is 0.745 bits per heavy atom. The molecule has 3 amide bonds. The molecule has 0 bridgehead atoms. The Hall–Kier alpha value is -4.93. The SMILES string of the molecule is COC(=O)N[C@H](C(=O)N1CCC[C@H]1c1ncc(-c2ccc(-c3ccc(-c4cnc(C5CCCCC5C(=O)N5CCCC5)[nH]4)cc3)cc2)[nH]1)C(C)C. The maximum atomic E-state index is 13.5. The molecule has 2 aromatic carbocycles. The van der Waals surface area contributed by atoms with Crippen molar-refractivity contribution in [2.24, 2.45) is 11.8 Å². The van der Waals surface area contributed by atoms with Crippen LogP contribution in [-0.4, -0.2) is 80.4 Å². The van der Waals surface area contributed by atoms with E-state index in [0.717, 1.165) is 110 Å². The average Bonchev–Trinajstić information content (AvgIpc) is 4.01. The molecule has 2 aliphatic heterocycles. The van der Waals surface area contributed by atoms with Gasteiger partial charge in [-0.1, -0.05) is 75.2 Å². The summed E-state index contributed by atoms with van der Waals surface area (Å²) in [5.41, 5.74) is 6.15. The molecule has 7 rings (SSSR count). The second-order valence-corrected chi connectivity index (χ2v) is 14.6. The van der Waals surface area contributed by atoms with Gasteiger partial charge >= 0.3 is 6.09 Å². The lowest BCUT2D eigenvalue weighted by Gasteiger charge is -2.32. The fraction of sp³-hybridized carbons (Fsp3) is 0.475. The summed E-state index contributed by atoms with van der Waals surface area (Å²) in [6.07, 6.45) is 11.2. The summed E-state index contributed by atoms with van der Waals surface area (Å²) in [5.74, 6) is 1.96. The fourth-order valence-electron chi connectivity index (χ4n) is 8.13. The highest BCUT2D eigenvalue weighted by Crippen LogP contribution is 2.39. The van der Waals surface area contributed by atoms with E-state index in [4.69, 9.17) is 9.72 Å². The van der Waals surface area contributed by atoms with Gasteiger partial charge in [0.2, 0.25) is 11.8 Å². The minimum absolute atomic E-state index is 0.0236. The van der Waals surface area contributed by atoms with Crippen molar-refractivity contribution < 1.29 is 19.1 Å². The summed E-state index contributed by atoms with van der Waals surface area (Å²) in [6.45, 7) is 6.23. The summed E-state index contributed by atoms with van der Waals surface area (Å²) >= 11 is 0. The fourth-order valence-corrected chi connectivity index (χ4v) is 8.13. The minimum Gasteiger partial charge on any atom is -0.453 e. The van der Waals surface area contributed by atoms with Crippen LogP contribution in [0.4, 0.5) is 4.79 Å². The van der Waals surface area contributed by atoms with Crippen molar-refractivity contribution in [1.82, 2.24) is 35.1 Å². The molecule has 1 saturated carbocycles. The van der Waals surface area contributed by atoms with Crippen LogP contribution in [0.2, 0.25) is 0 Å². The summed E-state index contributed by atoms with van der Waals surface area (Å²) in [5, 5.41) is 2.70. The van der Waals surface area contributed by atoms with Gasteiger partial charge in [-0.2, -0.15) is 0 Å². The van der Waals surface area contributed by atoms with Crippen LogP contribution in [0.3, 0.4) is 0 Å². The lowest BCUT2D eigenvalue weighted by atomic mass is 9.78. The number of methoxy groups -OCH3 is 1. The molecule has 0 radical (unpaired) electrons. The van der Waals surface area contributed by atoms with E-state index < -0.39 is 12.1 Å². The predicted octanol–water partition coefficient (Wildman–Crippen LogP) is 7.07. The number of aromatic amines is 2. The highest BCUT2D eigenvalue weighted by molar-refractivity contribution is 5.86. The van der Waals surface area contributed by atoms with Gasteiger partial charge < -0.3 is 29.8 Å². The highest BCUT2D eigenvalue weighted by Gasteiger charge is 2.38. The Morgan fingerprint density at radius 2 is 1.31 bits per heavy atom. The van der Waals surface area contributed by atoms with Crippen LogP contribution in [0.1, 0.15) is 88.8 Å². The highest BCUT2D eigenvalue weighted by atomic mass is 16.5. The largest absolute Gasteiger partial charge is 0.453 e. The zero-order valence-electron chi connectivity index (χ0n) is 29.9. The number of hydrogen-bond donors (Lipinski definition) is 3. The Kier molecular flexibility index (Phi) is 10.2. The number of ether oxygens (including phenoxy) is 1. The summed E-state index contributed by atoms with van der Waals surface area (Å²) in [7, 11) is 1.30. The summed E-state index contributed by atoms with van der Waals surface area (Å²) < 4.78 is 4.76. The molecule has 0 spiro atoms. The molecule has 11 heteroatoms. The molecular formula is C40H49N7O4. The number of H-pyrrole nitrogens is 2. The maximum absolute atomic E-state index is 13.5. The van der Waals surface area contributed by atoms with Crippen LogP contribution in [0, 0.1) is 11.8 Å². The molecular weight excluding hydrogens is 642 g/mol. The van der Waals surface area contributed by atoms with Gasteiger partial charge in [-0.05, 0) is 66.7 Å². The Morgan fingerprint density at radius 3 is 1.92 bits per heavy atom. The van der Waals surface area contributed by atoms with Gasteiger partial charge in [0, 0.05) is 31.5 Å². The van der Waals surface area contributed by atoms with E-state index >= 15 is 0 Å². The smallest absolute Gasteiger partial charge is 0.407 e. The first-order valence-corrected chi connectivity index (χ1v) is 18.6. The van der Waals surface area contributed by atoms with Crippen molar-refractivity contribution in [1.29, 1.82) is 0 Å². The number of carbonyl (C=O) groups is 3. The van der Waals surface area contributed by atoms with Crippen LogP contribution in [0.25, 0.3) is 33.6 Å². The van der Waals surface area contributed by atoms with Gasteiger partial charge in [-0.3, -0.25) is 9.59 Å². The Balaban J connectivity index is 1.01. The molecule has 3 N–H and O–H groups in total. The standard InChI is InChI=1S/C40H49N7O4/c1-25(2)35(45-40(50)51-3)39(49)47-22-8-11-34(47)37-42-24-33(44-37)29-18-14-27(15-19-29)26-12-16-28(17-13-26)32-23-41-36(43-32)30-9-4-5-10-31(30)38(48)46-20-6-7-21-46/h12-19,23-25,30-31,34-35H,4-11,20-22H2,1-3H3,(H,41,43)(H,42,44)(H,45,50)/t30?,31?,34-,35-/m0/s1. The van der Waals surface area contributed by atoms with Crippen molar-refractivity contribution in [3.8, 4) is 33.6 Å². The minimum atomic E-state index is -0.670. The van der Waals surface area contributed by atoms with Gasteiger partial charge in [-0.25, -0.2) is 14.8 Å². The molecule has 11 nitrogen and oxygen atoms in total. The molecule has 3 aliphatic rings. The first-order chi connectivity index (χ1) is 24.8. The monoisotopic (exact) mass is 691 g/mol. The Labute approximate surface area is 299 Å². The normalized spacial score (nSPS) is 21.2. The maximum Gasteiger partial charge on any atom is 0.407 e. The van der Waals surface area contributed by atoms with E-state index in [1.165, 1.54) is 7.11 Å². The third-order valence-corrected chi connectivity index (χ3v) is 11.0. The molecule has 2 aromatic heterocycles. The molecule has 1 aliphatic carbocycles. The number of carbonyl (C=O) groups excluding carboxylic acids is 3. The zero-order valence-corrected chi connectivity index (χ0v) is 29.9. The van der Waals surface area contributed by atoms with Crippen molar-refractivity contribution >= 4 is 17.9 Å². The van der Waals surface area contributed by atoms with E-state index in [9.17, 15) is 14.4 Å². The first kappa shape index (κ1) is 34.5. The number of rotatable bonds is 9. The molecule has 4 atom stereocenters. The Bertz CT molecular complexity index is 1820. The molecule has 2 saturated heterocycles. The number of likely N-dealkylation sites (tertiary alicyclic amines) is 2. The van der Waals surface area contributed by atoms with Gasteiger partial charge in [0.15, 0.2) is 0 Å². The van der Waals surface area contributed by atoms with Crippen LogP contribution in [0.15, 0.2) is 60.9 Å². The quantitative estimate of drug-likeness (QED) is 0.172. The van der Waals surface area contributed by atoms with Gasteiger partial charge in [0.25, 0.3) is 0 Å². The number of nitrogens with zero attached hydrogens (tertiary/aromatic N) is 4. The van der Waals surface area contributed by atoms with E-state index in [1.807, 2.05) is 31.1 Å². The number of amides is 3.